The maximum absolute atomic E-state index is 11.6. The molecule has 0 radical (unpaired) electrons. The van der Waals surface area contributed by atoms with Crippen LogP contribution in [0.2, 0.25) is 5.02 Å². The number of nitrogens with one attached hydrogen (secondary N) is 1. The molecule has 6 heteroatoms. The zero-order valence-corrected chi connectivity index (χ0v) is 10.1. The number of benzene rings is 1. The Balaban J connectivity index is 2.78. The highest BCUT2D eigenvalue weighted by molar-refractivity contribution is 6.34. The molecule has 0 aliphatic rings. The Morgan fingerprint density at radius 3 is 2.65 bits per heavy atom. The molecule has 5 nitrogen and oxygen atoms in total. The van der Waals surface area contributed by atoms with Gasteiger partial charge >= 0.3 is 0 Å². The van der Waals surface area contributed by atoms with Crippen LogP contribution in [0.3, 0.4) is 0 Å². The third-order valence-electron chi connectivity index (χ3n) is 2.23. The Bertz CT molecular complexity index is 428. The minimum absolute atomic E-state index is 0.199. The fraction of sp³-hybridized carbons (Fsp3) is 0.273. The number of anilines is 1. The Labute approximate surface area is 104 Å². The summed E-state index contributed by atoms with van der Waals surface area (Å²) in [4.78, 5) is 22.3. The van der Waals surface area contributed by atoms with E-state index >= 15 is 0 Å². The van der Waals surface area contributed by atoms with Gasteiger partial charge in [0.2, 0.25) is 11.8 Å². The molecule has 0 aliphatic heterocycles. The molecule has 5 N–H and O–H groups in total. The number of halogens is 1. The predicted octanol–water partition coefficient (Wildman–Crippen LogP) is 0.790. The first-order valence-electron chi connectivity index (χ1n) is 5.01. The van der Waals surface area contributed by atoms with Crippen LogP contribution in [0.15, 0.2) is 18.2 Å². The standard InChI is InChI=1S/C11H14ClN3O2/c1-6-3-2-4-7(12)10(6)15-11(17)8(13)5-9(14)16/h2-4,8H,5,13H2,1H3,(H2,14,16)(H,15,17). The highest BCUT2D eigenvalue weighted by Gasteiger charge is 2.17. The molecule has 0 bridgehead atoms. The van der Waals surface area contributed by atoms with Crippen molar-refractivity contribution in [3.8, 4) is 0 Å². The van der Waals surface area contributed by atoms with Crippen LogP contribution in [0, 0.1) is 6.92 Å². The summed E-state index contributed by atoms with van der Waals surface area (Å²) in [5.74, 6) is -1.11. The average Bonchev–Trinajstić information content (AvgIpc) is 2.22. The molecule has 1 aromatic carbocycles. The van der Waals surface area contributed by atoms with Crippen LogP contribution in [0.1, 0.15) is 12.0 Å². The zero-order valence-electron chi connectivity index (χ0n) is 9.37. The van der Waals surface area contributed by atoms with E-state index in [4.69, 9.17) is 23.1 Å². The van der Waals surface area contributed by atoms with E-state index in [0.29, 0.717) is 10.7 Å². The van der Waals surface area contributed by atoms with Gasteiger partial charge in [-0.25, -0.2) is 0 Å². The fourth-order valence-electron chi connectivity index (χ4n) is 1.32. The highest BCUT2D eigenvalue weighted by atomic mass is 35.5. The summed E-state index contributed by atoms with van der Waals surface area (Å²) in [7, 11) is 0. The smallest absolute Gasteiger partial charge is 0.241 e. The maximum atomic E-state index is 11.6. The number of aryl methyl sites for hydroxylation is 1. The number of nitrogens with two attached hydrogens (primary N) is 2. The van der Waals surface area contributed by atoms with Crippen molar-refractivity contribution in [2.75, 3.05) is 5.32 Å². The molecule has 0 aromatic heterocycles. The van der Waals surface area contributed by atoms with E-state index in [1.807, 2.05) is 0 Å². The van der Waals surface area contributed by atoms with Gasteiger partial charge in [-0.1, -0.05) is 23.7 Å². The lowest BCUT2D eigenvalue weighted by molar-refractivity contribution is -0.123. The van der Waals surface area contributed by atoms with Gasteiger partial charge in [0, 0.05) is 0 Å². The summed E-state index contributed by atoms with van der Waals surface area (Å²) in [6, 6.07) is 4.27. The van der Waals surface area contributed by atoms with Crippen LogP contribution in [0.25, 0.3) is 0 Å². The normalized spacial score (nSPS) is 11.9. The molecule has 1 atom stereocenters. The molecule has 2 amide bonds. The number of primary amides is 1. The summed E-state index contributed by atoms with van der Waals surface area (Å²) in [6.45, 7) is 1.81. The van der Waals surface area contributed by atoms with Gasteiger partial charge < -0.3 is 16.8 Å². The number of hydrogen-bond donors (Lipinski definition) is 3. The quantitative estimate of drug-likeness (QED) is 0.742. The van der Waals surface area contributed by atoms with Crippen LogP contribution >= 0.6 is 11.6 Å². The van der Waals surface area contributed by atoms with Crippen LogP contribution in [0.5, 0.6) is 0 Å². The molecular formula is C11H14ClN3O2. The lowest BCUT2D eigenvalue weighted by Gasteiger charge is -2.13. The summed E-state index contributed by atoms with van der Waals surface area (Å²) in [6.07, 6.45) is -0.199. The van der Waals surface area contributed by atoms with E-state index in [1.54, 1.807) is 25.1 Å². The maximum Gasteiger partial charge on any atom is 0.241 e. The summed E-state index contributed by atoms with van der Waals surface area (Å²) in [5.41, 5.74) is 11.8. The van der Waals surface area contributed by atoms with Crippen LogP contribution in [-0.4, -0.2) is 17.9 Å². The molecule has 17 heavy (non-hydrogen) atoms. The van der Waals surface area contributed by atoms with Crippen molar-refractivity contribution in [1.29, 1.82) is 0 Å². The minimum Gasteiger partial charge on any atom is -0.370 e. The number of carbonyl (C=O) groups is 2. The lowest BCUT2D eigenvalue weighted by Crippen LogP contribution is -2.39. The molecule has 0 heterocycles. The van der Waals surface area contributed by atoms with E-state index < -0.39 is 17.9 Å². The van der Waals surface area contributed by atoms with Gasteiger partial charge in [-0.2, -0.15) is 0 Å². The molecule has 1 unspecified atom stereocenters. The van der Waals surface area contributed by atoms with Gasteiger partial charge in [0.15, 0.2) is 0 Å². The van der Waals surface area contributed by atoms with Gasteiger partial charge in [0.1, 0.15) is 0 Å². The average molecular weight is 256 g/mol. The number of amides is 2. The van der Waals surface area contributed by atoms with Gasteiger partial charge in [-0.05, 0) is 18.6 Å². The van der Waals surface area contributed by atoms with E-state index in [0.717, 1.165) is 5.56 Å². The summed E-state index contributed by atoms with van der Waals surface area (Å²) >= 11 is 5.94. The molecule has 1 aromatic rings. The summed E-state index contributed by atoms with van der Waals surface area (Å²) < 4.78 is 0. The highest BCUT2D eigenvalue weighted by Crippen LogP contribution is 2.25. The second kappa shape index (κ2) is 5.65. The van der Waals surface area contributed by atoms with Crippen LogP contribution in [0.4, 0.5) is 5.69 Å². The molecular weight excluding hydrogens is 242 g/mol. The first-order valence-corrected chi connectivity index (χ1v) is 5.39. The van der Waals surface area contributed by atoms with Crippen molar-refractivity contribution in [1.82, 2.24) is 0 Å². The second-order valence-corrected chi connectivity index (χ2v) is 4.11. The van der Waals surface area contributed by atoms with Crippen molar-refractivity contribution in [2.45, 2.75) is 19.4 Å². The van der Waals surface area contributed by atoms with Crippen LogP contribution < -0.4 is 16.8 Å². The molecule has 0 aliphatic carbocycles. The van der Waals surface area contributed by atoms with Crippen molar-refractivity contribution >= 4 is 29.1 Å². The number of carbonyl (C=O) groups excluding carboxylic acids is 2. The lowest BCUT2D eigenvalue weighted by atomic mass is 10.1. The molecule has 0 spiro atoms. The minimum atomic E-state index is -0.969. The van der Waals surface area contributed by atoms with Crippen molar-refractivity contribution in [3.05, 3.63) is 28.8 Å². The van der Waals surface area contributed by atoms with Crippen molar-refractivity contribution < 1.29 is 9.59 Å². The zero-order chi connectivity index (χ0) is 13.0. The molecule has 92 valence electrons. The van der Waals surface area contributed by atoms with Gasteiger partial charge in [-0.3, -0.25) is 9.59 Å². The molecule has 0 saturated heterocycles. The van der Waals surface area contributed by atoms with Gasteiger partial charge in [0.25, 0.3) is 0 Å². The van der Waals surface area contributed by atoms with E-state index in [1.165, 1.54) is 0 Å². The number of rotatable bonds is 4. The van der Waals surface area contributed by atoms with Gasteiger partial charge in [-0.15, -0.1) is 0 Å². The Kier molecular flexibility index (Phi) is 4.48. The molecule has 0 fully saturated rings. The SMILES string of the molecule is Cc1cccc(Cl)c1NC(=O)C(N)CC(N)=O. The third kappa shape index (κ3) is 3.72. The first kappa shape index (κ1) is 13.5. The fourth-order valence-corrected chi connectivity index (χ4v) is 1.58. The van der Waals surface area contributed by atoms with Crippen molar-refractivity contribution in [2.24, 2.45) is 11.5 Å². The number of hydrogen-bond acceptors (Lipinski definition) is 3. The van der Waals surface area contributed by atoms with E-state index in [-0.39, 0.29) is 6.42 Å². The third-order valence-corrected chi connectivity index (χ3v) is 2.54. The predicted molar refractivity (Wildman–Crippen MR) is 66.6 cm³/mol. The topological polar surface area (TPSA) is 98.2 Å². The number of para-hydroxylation sites is 1. The molecule has 1 rings (SSSR count). The first-order chi connectivity index (χ1) is 7.91. The second-order valence-electron chi connectivity index (χ2n) is 3.70. The monoisotopic (exact) mass is 255 g/mol. The van der Waals surface area contributed by atoms with Crippen LogP contribution in [-0.2, 0) is 9.59 Å². The largest absolute Gasteiger partial charge is 0.370 e. The Morgan fingerprint density at radius 1 is 1.47 bits per heavy atom. The van der Waals surface area contributed by atoms with E-state index in [2.05, 4.69) is 5.32 Å². The van der Waals surface area contributed by atoms with Crippen molar-refractivity contribution in [3.63, 3.8) is 0 Å². The Morgan fingerprint density at radius 2 is 2.12 bits per heavy atom. The van der Waals surface area contributed by atoms with E-state index in [9.17, 15) is 9.59 Å². The summed E-state index contributed by atoms with van der Waals surface area (Å²) in [5, 5.41) is 3.00. The Hall–Kier alpha value is -1.59. The van der Waals surface area contributed by atoms with Gasteiger partial charge in [0.05, 0.1) is 23.2 Å². The molecule has 0 saturated carbocycles.